The molecule has 2 aromatic heterocycles. The summed E-state index contributed by atoms with van der Waals surface area (Å²) in [6, 6.07) is 47.4. The molecule has 0 fully saturated rings. The van der Waals surface area contributed by atoms with Crippen molar-refractivity contribution < 1.29 is 4.42 Å². The molecule has 0 atom stereocenters. The van der Waals surface area contributed by atoms with Gasteiger partial charge in [-0.3, -0.25) is 0 Å². The van der Waals surface area contributed by atoms with Gasteiger partial charge in [0.25, 0.3) is 0 Å². The maximum Gasteiger partial charge on any atom is 0.135 e. The molecular weight excluding hydrogens is 542 g/mol. The number of hydrogen-bond donors (Lipinski definition) is 0. The summed E-state index contributed by atoms with van der Waals surface area (Å²) < 4.78 is 9.70. The van der Waals surface area contributed by atoms with E-state index in [1.807, 2.05) is 0 Å². The first-order chi connectivity index (χ1) is 19.2. The van der Waals surface area contributed by atoms with Crippen LogP contribution in [0.4, 0.5) is 0 Å². The summed E-state index contributed by atoms with van der Waals surface area (Å²) in [5.74, 6) is 0. The second-order valence-electron chi connectivity index (χ2n) is 9.95. The van der Waals surface area contributed by atoms with Crippen molar-refractivity contribution in [1.29, 1.82) is 0 Å². The van der Waals surface area contributed by atoms with Crippen molar-refractivity contribution in [3.63, 3.8) is 0 Å². The average Bonchev–Trinajstić information content (AvgIpc) is 3.52. The van der Waals surface area contributed by atoms with Crippen LogP contribution in [0.15, 0.2) is 142 Å². The Morgan fingerprint density at radius 1 is 0.436 bits per heavy atom. The molecule has 2 nitrogen and oxygen atoms in total. The van der Waals surface area contributed by atoms with Gasteiger partial charge in [-0.05, 0) is 82.9 Å². The fourth-order valence-electron chi connectivity index (χ4n) is 5.81. The van der Waals surface area contributed by atoms with Crippen LogP contribution in [0, 0.1) is 0 Å². The molecule has 0 saturated carbocycles. The minimum Gasteiger partial charge on any atom is -0.456 e. The molecule has 0 radical (unpaired) electrons. The number of aromatic nitrogens is 1. The van der Waals surface area contributed by atoms with Crippen molar-refractivity contribution in [3.05, 3.63) is 138 Å². The highest BCUT2D eigenvalue weighted by Gasteiger charge is 2.15. The van der Waals surface area contributed by atoms with Gasteiger partial charge in [-0.25, -0.2) is 0 Å². The lowest BCUT2D eigenvalue weighted by Crippen LogP contribution is -1.93. The normalized spacial score (nSPS) is 11.7. The van der Waals surface area contributed by atoms with E-state index >= 15 is 0 Å². The smallest absolute Gasteiger partial charge is 0.135 e. The Morgan fingerprint density at radius 3 is 1.95 bits per heavy atom. The van der Waals surface area contributed by atoms with E-state index in [0.29, 0.717) is 0 Å². The molecule has 39 heavy (non-hydrogen) atoms. The van der Waals surface area contributed by atoms with E-state index in [0.717, 1.165) is 32.1 Å². The number of fused-ring (bicyclic) bond motifs is 6. The monoisotopic (exact) mass is 563 g/mol. The van der Waals surface area contributed by atoms with Crippen LogP contribution in [0.1, 0.15) is 0 Å². The number of furan rings is 1. The van der Waals surface area contributed by atoms with E-state index in [1.165, 1.54) is 44.1 Å². The zero-order valence-electron chi connectivity index (χ0n) is 20.9. The number of benzene rings is 6. The Balaban J connectivity index is 1.35. The fourth-order valence-corrected chi connectivity index (χ4v) is 6.21. The SMILES string of the molecule is Brc1cccc(-c2ccc3oc4ccc(-n5c6ccccc6c6cc(-c7ccccc7)ccc65)cc4c3c2)c1. The average molecular weight is 564 g/mol. The third-order valence-electron chi connectivity index (χ3n) is 7.65. The van der Waals surface area contributed by atoms with Crippen molar-refractivity contribution in [3.8, 4) is 27.9 Å². The molecule has 0 unspecified atom stereocenters. The summed E-state index contributed by atoms with van der Waals surface area (Å²) >= 11 is 3.61. The van der Waals surface area contributed by atoms with Gasteiger partial charge < -0.3 is 8.98 Å². The third-order valence-corrected chi connectivity index (χ3v) is 8.14. The highest BCUT2D eigenvalue weighted by atomic mass is 79.9. The lowest BCUT2D eigenvalue weighted by molar-refractivity contribution is 0.669. The highest BCUT2D eigenvalue weighted by Crippen LogP contribution is 2.38. The van der Waals surface area contributed by atoms with Crippen LogP contribution in [-0.2, 0) is 0 Å². The van der Waals surface area contributed by atoms with E-state index in [9.17, 15) is 0 Å². The zero-order valence-corrected chi connectivity index (χ0v) is 22.5. The van der Waals surface area contributed by atoms with Crippen molar-refractivity contribution in [2.75, 3.05) is 0 Å². The first kappa shape index (κ1) is 22.4. The van der Waals surface area contributed by atoms with Crippen LogP contribution in [0.2, 0.25) is 0 Å². The van der Waals surface area contributed by atoms with E-state index in [4.69, 9.17) is 4.42 Å². The highest BCUT2D eigenvalue weighted by molar-refractivity contribution is 9.10. The fraction of sp³-hybridized carbons (Fsp3) is 0. The molecule has 0 N–H and O–H groups in total. The molecule has 6 aromatic carbocycles. The maximum absolute atomic E-state index is 6.26. The van der Waals surface area contributed by atoms with Crippen molar-refractivity contribution in [1.82, 2.24) is 4.57 Å². The first-order valence-corrected chi connectivity index (χ1v) is 13.8. The number of para-hydroxylation sites is 1. The van der Waals surface area contributed by atoms with Crippen LogP contribution in [0.25, 0.3) is 71.7 Å². The Hall–Kier alpha value is -4.60. The van der Waals surface area contributed by atoms with Gasteiger partial charge in [0.2, 0.25) is 0 Å². The van der Waals surface area contributed by atoms with Crippen LogP contribution < -0.4 is 0 Å². The summed E-state index contributed by atoms with van der Waals surface area (Å²) in [6.07, 6.45) is 0. The summed E-state index contributed by atoms with van der Waals surface area (Å²) in [4.78, 5) is 0. The van der Waals surface area contributed by atoms with Crippen molar-refractivity contribution in [2.45, 2.75) is 0 Å². The van der Waals surface area contributed by atoms with Gasteiger partial charge in [0.1, 0.15) is 11.2 Å². The van der Waals surface area contributed by atoms with E-state index in [1.54, 1.807) is 0 Å². The van der Waals surface area contributed by atoms with E-state index in [-0.39, 0.29) is 0 Å². The van der Waals surface area contributed by atoms with Crippen LogP contribution in [-0.4, -0.2) is 4.57 Å². The molecule has 0 aliphatic carbocycles. The van der Waals surface area contributed by atoms with Gasteiger partial charge in [0, 0.05) is 31.7 Å². The van der Waals surface area contributed by atoms with Gasteiger partial charge in [0.05, 0.1) is 11.0 Å². The number of nitrogens with zero attached hydrogens (tertiary/aromatic N) is 1. The Labute approximate surface area is 233 Å². The van der Waals surface area contributed by atoms with Gasteiger partial charge in [-0.1, -0.05) is 88.7 Å². The zero-order chi connectivity index (χ0) is 25.9. The van der Waals surface area contributed by atoms with Gasteiger partial charge >= 0.3 is 0 Å². The van der Waals surface area contributed by atoms with E-state index in [2.05, 4.69) is 154 Å². The number of halogens is 1. The second kappa shape index (κ2) is 8.72. The van der Waals surface area contributed by atoms with Crippen molar-refractivity contribution in [2.24, 2.45) is 0 Å². The summed E-state index contributed by atoms with van der Waals surface area (Å²) in [5, 5.41) is 4.74. The molecule has 0 aliphatic rings. The number of hydrogen-bond acceptors (Lipinski definition) is 1. The molecule has 2 heterocycles. The number of rotatable bonds is 3. The lowest BCUT2D eigenvalue weighted by Gasteiger charge is -2.09. The van der Waals surface area contributed by atoms with Crippen LogP contribution >= 0.6 is 15.9 Å². The molecule has 0 spiro atoms. The lowest BCUT2D eigenvalue weighted by atomic mass is 10.0. The Bertz CT molecular complexity index is 2190. The quantitative estimate of drug-likeness (QED) is 0.209. The molecule has 0 saturated heterocycles. The Morgan fingerprint density at radius 2 is 1.08 bits per heavy atom. The molecule has 3 heteroatoms. The third kappa shape index (κ3) is 3.62. The van der Waals surface area contributed by atoms with Crippen molar-refractivity contribution >= 4 is 59.7 Å². The largest absolute Gasteiger partial charge is 0.456 e. The molecule has 8 aromatic rings. The maximum atomic E-state index is 6.26. The second-order valence-corrected chi connectivity index (χ2v) is 10.9. The molecule has 8 rings (SSSR count). The van der Waals surface area contributed by atoms with Gasteiger partial charge in [-0.2, -0.15) is 0 Å². The molecule has 184 valence electrons. The first-order valence-electron chi connectivity index (χ1n) is 13.0. The van der Waals surface area contributed by atoms with Crippen LogP contribution in [0.5, 0.6) is 0 Å². The Kier molecular flexibility index (Phi) is 5.01. The summed E-state index contributed by atoms with van der Waals surface area (Å²) in [6.45, 7) is 0. The summed E-state index contributed by atoms with van der Waals surface area (Å²) in [7, 11) is 0. The van der Waals surface area contributed by atoms with Crippen LogP contribution in [0.3, 0.4) is 0 Å². The predicted molar refractivity (Wildman–Crippen MR) is 167 cm³/mol. The standard InChI is InChI=1S/C36H22BrNO/c37-27-10-6-9-24(19-27)26-14-17-35-31(21-26)32-22-28(15-18-36(32)39-35)38-33-12-5-4-11-29(33)30-20-25(13-16-34(30)38)23-7-2-1-3-8-23/h1-22H. The minimum atomic E-state index is 0.896. The molecular formula is C36H22BrNO. The molecule has 0 aliphatic heterocycles. The summed E-state index contributed by atoms with van der Waals surface area (Å²) in [5.41, 5.74) is 10.1. The molecule has 0 amide bonds. The minimum absolute atomic E-state index is 0.896. The van der Waals surface area contributed by atoms with Gasteiger partial charge in [-0.15, -0.1) is 0 Å². The molecule has 0 bridgehead atoms. The topological polar surface area (TPSA) is 18.1 Å². The predicted octanol–water partition coefficient (Wildman–Crippen LogP) is 10.8. The van der Waals surface area contributed by atoms with E-state index < -0.39 is 0 Å². The van der Waals surface area contributed by atoms with Gasteiger partial charge in [0.15, 0.2) is 0 Å².